The number of benzene rings is 1. The molecule has 35 heavy (non-hydrogen) atoms. The minimum Gasteiger partial charge on any atom is -0.339 e. The molecule has 1 aliphatic carbocycles. The van der Waals surface area contributed by atoms with Crippen LogP contribution in [-0.2, 0) is 27.7 Å². The van der Waals surface area contributed by atoms with Crippen LogP contribution in [0.5, 0.6) is 0 Å². The molecule has 1 saturated heterocycles. The number of carbonyl (C=O) groups excluding carboxylic acids is 2. The van der Waals surface area contributed by atoms with Crippen LogP contribution in [0.3, 0.4) is 0 Å². The molecule has 1 aromatic carbocycles. The highest BCUT2D eigenvalue weighted by Crippen LogP contribution is 2.36. The number of amides is 2. The minimum atomic E-state index is -3.84. The molecule has 11 nitrogen and oxygen atoms in total. The Hall–Kier alpha value is -3.42. The Balaban J connectivity index is 1.38. The summed E-state index contributed by atoms with van der Waals surface area (Å²) in [5.41, 5.74) is 2.74. The van der Waals surface area contributed by atoms with E-state index in [-0.39, 0.29) is 22.7 Å². The summed E-state index contributed by atoms with van der Waals surface area (Å²) in [6.07, 6.45) is 3.20. The first-order valence-electron chi connectivity index (χ1n) is 11.0. The normalized spacial score (nSPS) is 15.4. The average Bonchev–Trinajstić information content (AvgIpc) is 3.28. The lowest BCUT2D eigenvalue weighted by Gasteiger charge is -2.33. The predicted octanol–water partition coefficient (Wildman–Crippen LogP) is 1.39. The Morgan fingerprint density at radius 1 is 1.06 bits per heavy atom. The van der Waals surface area contributed by atoms with Gasteiger partial charge in [0.2, 0.25) is 21.9 Å². The zero-order valence-electron chi connectivity index (χ0n) is 18.9. The van der Waals surface area contributed by atoms with Gasteiger partial charge in [0.25, 0.3) is 5.91 Å². The van der Waals surface area contributed by atoms with Crippen LogP contribution >= 0.6 is 11.3 Å². The first-order chi connectivity index (χ1) is 16.7. The molecule has 182 valence electrons. The second-order valence-corrected chi connectivity index (χ2v) is 11.0. The van der Waals surface area contributed by atoms with Crippen LogP contribution in [0.15, 0.2) is 35.4 Å². The van der Waals surface area contributed by atoms with E-state index in [4.69, 9.17) is 5.14 Å². The third-order valence-electron chi connectivity index (χ3n) is 6.02. The van der Waals surface area contributed by atoms with Gasteiger partial charge in [0.1, 0.15) is 5.69 Å². The molecule has 0 atom stereocenters. The van der Waals surface area contributed by atoms with Crippen molar-refractivity contribution in [3.8, 4) is 11.4 Å². The Morgan fingerprint density at radius 3 is 2.51 bits per heavy atom. The smallest absolute Gasteiger partial charge is 0.282 e. The van der Waals surface area contributed by atoms with Crippen molar-refractivity contribution < 1.29 is 18.0 Å². The average molecular weight is 514 g/mol. The fourth-order valence-electron chi connectivity index (χ4n) is 4.14. The molecule has 0 saturated carbocycles. The number of hydrogen-bond donors (Lipinski definition) is 2. The number of carbonyl (C=O) groups is 2. The van der Waals surface area contributed by atoms with Crippen LogP contribution in [0.25, 0.3) is 11.4 Å². The maximum atomic E-state index is 13.1. The van der Waals surface area contributed by atoms with Crippen molar-refractivity contribution in [1.29, 1.82) is 0 Å². The molecule has 1 fully saturated rings. The van der Waals surface area contributed by atoms with E-state index < -0.39 is 10.0 Å². The number of aryl methyl sites for hydroxylation is 2. The van der Waals surface area contributed by atoms with Gasteiger partial charge >= 0.3 is 0 Å². The second kappa shape index (κ2) is 8.98. The van der Waals surface area contributed by atoms with Crippen LogP contribution in [-0.4, -0.2) is 71.2 Å². The number of fused-ring (bicyclic) bond motifs is 3. The summed E-state index contributed by atoms with van der Waals surface area (Å²) in [4.78, 5) is 42.7. The third-order valence-corrected chi connectivity index (χ3v) is 8.04. The number of hydrogen-bond acceptors (Lipinski definition) is 9. The maximum absolute atomic E-state index is 13.1. The van der Waals surface area contributed by atoms with Crippen molar-refractivity contribution in [3.63, 3.8) is 0 Å². The highest BCUT2D eigenvalue weighted by Gasteiger charge is 2.29. The number of piperazine rings is 1. The Kier molecular flexibility index (Phi) is 5.99. The summed E-state index contributed by atoms with van der Waals surface area (Å²) < 4.78 is 23.3. The van der Waals surface area contributed by atoms with E-state index in [1.165, 1.54) is 30.4 Å². The summed E-state index contributed by atoms with van der Waals surface area (Å²) in [7, 11) is -3.84. The summed E-state index contributed by atoms with van der Waals surface area (Å²) in [5.74, 6) is 0.157. The van der Waals surface area contributed by atoms with Crippen LogP contribution in [0.2, 0.25) is 0 Å². The summed E-state index contributed by atoms with van der Waals surface area (Å²) in [5, 5.41) is 8.65. The largest absolute Gasteiger partial charge is 0.339 e. The van der Waals surface area contributed by atoms with Crippen LogP contribution in [0, 0.1) is 0 Å². The first kappa shape index (κ1) is 23.3. The van der Waals surface area contributed by atoms with Crippen molar-refractivity contribution in [3.05, 3.63) is 45.9 Å². The van der Waals surface area contributed by atoms with Crippen molar-refractivity contribution >= 4 is 44.8 Å². The highest BCUT2D eigenvalue weighted by atomic mass is 32.2. The minimum absolute atomic E-state index is 0.0129. The van der Waals surface area contributed by atoms with Gasteiger partial charge in [0, 0.05) is 49.9 Å². The number of nitrogens with one attached hydrogen (secondary N) is 1. The zero-order valence-corrected chi connectivity index (χ0v) is 20.5. The zero-order chi connectivity index (χ0) is 24.7. The van der Waals surface area contributed by atoms with E-state index in [1.54, 1.807) is 28.1 Å². The third kappa shape index (κ3) is 4.74. The Labute approximate surface area is 206 Å². The predicted molar refractivity (Wildman–Crippen MR) is 130 cm³/mol. The second-order valence-electron chi connectivity index (χ2n) is 8.35. The maximum Gasteiger partial charge on any atom is 0.282 e. The van der Waals surface area contributed by atoms with E-state index in [0.717, 1.165) is 23.3 Å². The van der Waals surface area contributed by atoms with Gasteiger partial charge in [0.05, 0.1) is 10.6 Å². The number of rotatable bonds is 4. The molecular weight excluding hydrogens is 490 g/mol. The molecule has 2 aliphatic rings. The Morgan fingerprint density at radius 2 is 1.80 bits per heavy atom. The van der Waals surface area contributed by atoms with Crippen molar-refractivity contribution in [2.45, 2.75) is 24.7 Å². The monoisotopic (exact) mass is 513 g/mol. The van der Waals surface area contributed by atoms with Crippen molar-refractivity contribution in [2.75, 3.05) is 31.5 Å². The number of nitrogens with two attached hydrogens (primary N) is 1. The van der Waals surface area contributed by atoms with Crippen molar-refractivity contribution in [1.82, 2.24) is 24.8 Å². The molecule has 3 N–H and O–H groups in total. The molecule has 1 aliphatic heterocycles. The SMILES string of the molecule is CC(=O)N1CCN(C(=O)c2nc3c(s2)CCc2cnc(Nc4cccc(S(N)(=O)=O)c4)nc2-3)CC1. The van der Waals surface area contributed by atoms with Crippen molar-refractivity contribution in [2.24, 2.45) is 5.14 Å². The number of aromatic nitrogens is 3. The van der Waals surface area contributed by atoms with E-state index in [1.807, 2.05) is 0 Å². The van der Waals surface area contributed by atoms with Crippen LogP contribution in [0.1, 0.15) is 27.2 Å². The fourth-order valence-corrected chi connectivity index (χ4v) is 5.73. The van der Waals surface area contributed by atoms with Gasteiger partial charge in [-0.2, -0.15) is 0 Å². The summed E-state index contributed by atoms with van der Waals surface area (Å²) in [6, 6.07) is 6.09. The molecular formula is C22H23N7O4S2. The molecule has 5 rings (SSSR count). The summed E-state index contributed by atoms with van der Waals surface area (Å²) in [6.45, 7) is 3.53. The molecule has 0 bridgehead atoms. The fraction of sp³-hybridized carbons (Fsp3) is 0.318. The number of sulfonamides is 1. The van der Waals surface area contributed by atoms with Crippen LogP contribution in [0.4, 0.5) is 11.6 Å². The molecule has 13 heteroatoms. The van der Waals surface area contributed by atoms with Gasteiger partial charge in [0.15, 0.2) is 5.01 Å². The van der Waals surface area contributed by atoms with Gasteiger partial charge in [-0.1, -0.05) is 6.07 Å². The number of anilines is 2. The van der Waals surface area contributed by atoms with E-state index in [9.17, 15) is 18.0 Å². The lowest BCUT2D eigenvalue weighted by molar-refractivity contribution is -0.130. The lowest BCUT2D eigenvalue weighted by atomic mass is 10.00. The van der Waals surface area contributed by atoms with Gasteiger partial charge in [-0.15, -0.1) is 11.3 Å². The first-order valence-corrected chi connectivity index (χ1v) is 13.4. The van der Waals surface area contributed by atoms with Gasteiger partial charge in [-0.05, 0) is 36.6 Å². The number of primary sulfonamides is 1. The lowest BCUT2D eigenvalue weighted by Crippen LogP contribution is -2.50. The quantitative estimate of drug-likeness (QED) is 0.531. The summed E-state index contributed by atoms with van der Waals surface area (Å²) >= 11 is 1.38. The van der Waals surface area contributed by atoms with Gasteiger partial charge < -0.3 is 15.1 Å². The van der Waals surface area contributed by atoms with Gasteiger partial charge in [-0.3, -0.25) is 9.59 Å². The molecule has 0 unspecified atom stereocenters. The molecule has 0 spiro atoms. The van der Waals surface area contributed by atoms with E-state index >= 15 is 0 Å². The molecule has 3 aromatic rings. The topological polar surface area (TPSA) is 151 Å². The Bertz CT molecular complexity index is 1430. The standard InChI is InChI=1S/C22H23N7O4S2/c1-13(30)28-7-9-29(10-8-28)21(31)20-26-19-17(34-20)6-5-14-12-24-22(27-18(14)19)25-15-3-2-4-16(11-15)35(23,32)33/h2-4,11-12H,5-10H2,1H3,(H2,23,32,33)(H,24,25,27). The highest BCUT2D eigenvalue weighted by molar-refractivity contribution is 7.89. The molecule has 2 aromatic heterocycles. The van der Waals surface area contributed by atoms with Crippen LogP contribution < -0.4 is 10.5 Å². The molecule has 3 heterocycles. The number of thiazole rings is 1. The molecule has 0 radical (unpaired) electrons. The molecule has 2 amide bonds. The number of nitrogens with zero attached hydrogens (tertiary/aromatic N) is 5. The van der Waals surface area contributed by atoms with E-state index in [0.29, 0.717) is 48.3 Å². The van der Waals surface area contributed by atoms with E-state index in [2.05, 4.69) is 20.3 Å². The van der Waals surface area contributed by atoms with Gasteiger partial charge in [-0.25, -0.2) is 28.5 Å².